The van der Waals surface area contributed by atoms with Gasteiger partial charge in [0, 0.05) is 12.1 Å². The summed E-state index contributed by atoms with van der Waals surface area (Å²) >= 11 is 0. The van der Waals surface area contributed by atoms with E-state index in [0.29, 0.717) is 18.3 Å². The van der Waals surface area contributed by atoms with Crippen molar-refractivity contribution < 1.29 is 9.53 Å². The molecule has 1 aliphatic carbocycles. The summed E-state index contributed by atoms with van der Waals surface area (Å²) in [5, 5.41) is 3.10. The van der Waals surface area contributed by atoms with Crippen LogP contribution >= 0.6 is 0 Å². The second-order valence-electron chi connectivity index (χ2n) is 6.35. The Bertz CT molecular complexity index is 576. The van der Waals surface area contributed by atoms with Crippen LogP contribution in [0.25, 0.3) is 0 Å². The summed E-state index contributed by atoms with van der Waals surface area (Å²) in [5.41, 5.74) is 4.01. The molecule has 2 aliphatic rings. The molecule has 3 rings (SSSR count). The van der Waals surface area contributed by atoms with Gasteiger partial charge < -0.3 is 10.1 Å². The van der Waals surface area contributed by atoms with Crippen molar-refractivity contribution in [3.05, 3.63) is 41.1 Å². The molecule has 0 radical (unpaired) electrons. The third-order valence-electron chi connectivity index (χ3n) is 4.65. The van der Waals surface area contributed by atoms with E-state index in [1.807, 2.05) is 6.07 Å². The Labute approximate surface area is 126 Å². The average molecular weight is 285 g/mol. The molecule has 0 saturated heterocycles. The summed E-state index contributed by atoms with van der Waals surface area (Å²) < 4.78 is 5.32. The third-order valence-corrected chi connectivity index (χ3v) is 4.65. The summed E-state index contributed by atoms with van der Waals surface area (Å²) in [6.45, 7) is 2.28. The van der Waals surface area contributed by atoms with Gasteiger partial charge in [-0.25, -0.2) is 0 Å². The second kappa shape index (κ2) is 5.92. The summed E-state index contributed by atoms with van der Waals surface area (Å²) in [7, 11) is 1.71. The van der Waals surface area contributed by atoms with E-state index in [9.17, 15) is 4.79 Å². The lowest BCUT2D eigenvalue weighted by atomic mass is 9.74. The maximum Gasteiger partial charge on any atom is 0.224 e. The van der Waals surface area contributed by atoms with Crippen LogP contribution in [0, 0.1) is 11.8 Å². The monoisotopic (exact) mass is 285 g/mol. The van der Waals surface area contributed by atoms with Crippen molar-refractivity contribution in [1.29, 1.82) is 0 Å². The van der Waals surface area contributed by atoms with Gasteiger partial charge in [0.15, 0.2) is 0 Å². The zero-order valence-corrected chi connectivity index (χ0v) is 12.8. The minimum atomic E-state index is 0.183. The van der Waals surface area contributed by atoms with E-state index in [-0.39, 0.29) is 5.91 Å². The molecule has 1 heterocycles. The highest BCUT2D eigenvalue weighted by Gasteiger charge is 2.30. The number of ether oxygens (including phenoxy) is 1. The highest BCUT2D eigenvalue weighted by atomic mass is 16.5. The van der Waals surface area contributed by atoms with Gasteiger partial charge in [-0.15, -0.1) is 0 Å². The maximum absolute atomic E-state index is 11.6. The Kier molecular flexibility index (Phi) is 4.00. The molecular weight excluding hydrogens is 262 g/mol. The summed E-state index contributed by atoms with van der Waals surface area (Å²) in [6, 6.07) is 8.33. The highest BCUT2D eigenvalue weighted by Crippen LogP contribution is 2.39. The van der Waals surface area contributed by atoms with Crippen molar-refractivity contribution in [2.24, 2.45) is 11.8 Å². The van der Waals surface area contributed by atoms with E-state index in [1.54, 1.807) is 7.11 Å². The topological polar surface area (TPSA) is 38.3 Å². The molecule has 1 aliphatic heterocycles. The predicted octanol–water partition coefficient (Wildman–Crippen LogP) is 3.45. The number of hydrogen-bond acceptors (Lipinski definition) is 2. The minimum absolute atomic E-state index is 0.183. The lowest BCUT2D eigenvalue weighted by Gasteiger charge is -2.35. The van der Waals surface area contributed by atoms with Crippen molar-refractivity contribution in [2.45, 2.75) is 39.0 Å². The van der Waals surface area contributed by atoms with E-state index in [4.69, 9.17) is 4.74 Å². The van der Waals surface area contributed by atoms with Crippen LogP contribution in [0.5, 0.6) is 5.75 Å². The molecule has 1 aromatic carbocycles. The Balaban J connectivity index is 1.83. The van der Waals surface area contributed by atoms with Crippen LogP contribution in [-0.2, 0) is 11.2 Å². The van der Waals surface area contributed by atoms with Gasteiger partial charge in [-0.3, -0.25) is 4.79 Å². The number of carbonyl (C=O) groups excluding carboxylic acids is 1. The molecule has 21 heavy (non-hydrogen) atoms. The van der Waals surface area contributed by atoms with Crippen LogP contribution in [0.3, 0.4) is 0 Å². The number of methoxy groups -OCH3 is 1. The Morgan fingerprint density at radius 3 is 3.00 bits per heavy atom. The number of amides is 1. The second-order valence-corrected chi connectivity index (χ2v) is 6.35. The zero-order valence-electron chi connectivity index (χ0n) is 12.8. The van der Waals surface area contributed by atoms with Gasteiger partial charge in [-0.1, -0.05) is 19.1 Å². The summed E-state index contributed by atoms with van der Waals surface area (Å²) in [5.74, 6) is 2.29. The van der Waals surface area contributed by atoms with Crippen molar-refractivity contribution in [2.75, 3.05) is 7.11 Å². The van der Waals surface area contributed by atoms with Crippen LogP contribution in [0.15, 0.2) is 35.5 Å². The number of rotatable bonds is 3. The molecule has 1 aromatic rings. The highest BCUT2D eigenvalue weighted by molar-refractivity contribution is 5.79. The van der Waals surface area contributed by atoms with E-state index in [2.05, 4.69) is 30.4 Å². The first-order valence-electron chi connectivity index (χ1n) is 7.80. The van der Waals surface area contributed by atoms with Crippen molar-refractivity contribution >= 4 is 5.91 Å². The van der Waals surface area contributed by atoms with E-state index in [0.717, 1.165) is 25.0 Å². The van der Waals surface area contributed by atoms with Crippen molar-refractivity contribution in [1.82, 2.24) is 5.32 Å². The van der Waals surface area contributed by atoms with Crippen LogP contribution in [0.1, 0.15) is 38.2 Å². The quantitative estimate of drug-likeness (QED) is 0.923. The molecule has 3 heteroatoms. The molecule has 0 spiro atoms. The van der Waals surface area contributed by atoms with Crippen molar-refractivity contribution in [3.63, 3.8) is 0 Å². The molecule has 3 nitrogen and oxygen atoms in total. The molecule has 0 saturated carbocycles. The third kappa shape index (κ3) is 3.12. The number of allylic oxidation sites excluding steroid dienone is 2. The van der Waals surface area contributed by atoms with E-state index < -0.39 is 0 Å². The van der Waals surface area contributed by atoms with Gasteiger partial charge in [0.05, 0.1) is 7.11 Å². The van der Waals surface area contributed by atoms with Crippen LogP contribution in [-0.4, -0.2) is 13.0 Å². The normalized spacial score (nSPS) is 25.3. The first-order chi connectivity index (χ1) is 10.2. The minimum Gasteiger partial charge on any atom is -0.497 e. The number of benzene rings is 1. The molecule has 0 unspecified atom stereocenters. The fourth-order valence-corrected chi connectivity index (χ4v) is 3.69. The van der Waals surface area contributed by atoms with Crippen LogP contribution < -0.4 is 10.1 Å². The summed E-state index contributed by atoms with van der Waals surface area (Å²) in [6.07, 6.45) is 4.85. The van der Waals surface area contributed by atoms with Crippen LogP contribution in [0.4, 0.5) is 0 Å². The van der Waals surface area contributed by atoms with Crippen LogP contribution in [0.2, 0.25) is 0 Å². The molecular formula is C18H23NO2. The average Bonchev–Trinajstić information content (AvgIpc) is 2.46. The SMILES string of the molecule is COc1cccc(C[C@H]2C[C@@H](C)CC3=C2CCC(=O)N3)c1. The smallest absolute Gasteiger partial charge is 0.224 e. The van der Waals surface area contributed by atoms with E-state index in [1.165, 1.54) is 23.3 Å². The molecule has 0 aromatic heterocycles. The molecule has 0 bridgehead atoms. The molecule has 1 amide bonds. The fraction of sp³-hybridized carbons (Fsp3) is 0.500. The molecule has 112 valence electrons. The Morgan fingerprint density at radius 2 is 2.19 bits per heavy atom. The first kappa shape index (κ1) is 14.2. The van der Waals surface area contributed by atoms with Gasteiger partial charge in [0.2, 0.25) is 5.91 Å². The largest absolute Gasteiger partial charge is 0.497 e. The lowest BCUT2D eigenvalue weighted by molar-refractivity contribution is -0.121. The predicted molar refractivity (Wildman–Crippen MR) is 83.0 cm³/mol. The number of carbonyl (C=O) groups is 1. The van der Waals surface area contributed by atoms with Gasteiger partial charge in [0.1, 0.15) is 5.75 Å². The van der Waals surface area contributed by atoms with Gasteiger partial charge in [-0.2, -0.15) is 0 Å². The number of nitrogens with one attached hydrogen (secondary N) is 1. The maximum atomic E-state index is 11.6. The molecule has 0 fully saturated rings. The Morgan fingerprint density at radius 1 is 1.33 bits per heavy atom. The van der Waals surface area contributed by atoms with Gasteiger partial charge >= 0.3 is 0 Å². The van der Waals surface area contributed by atoms with Gasteiger partial charge in [0.25, 0.3) is 0 Å². The zero-order chi connectivity index (χ0) is 14.8. The number of hydrogen-bond donors (Lipinski definition) is 1. The lowest BCUT2D eigenvalue weighted by Crippen LogP contribution is -2.34. The Hall–Kier alpha value is -1.77. The summed E-state index contributed by atoms with van der Waals surface area (Å²) in [4.78, 5) is 11.6. The van der Waals surface area contributed by atoms with E-state index >= 15 is 0 Å². The first-order valence-corrected chi connectivity index (χ1v) is 7.80. The van der Waals surface area contributed by atoms with Gasteiger partial charge in [-0.05, 0) is 60.8 Å². The van der Waals surface area contributed by atoms with Crippen molar-refractivity contribution in [3.8, 4) is 5.75 Å². The molecule has 1 N–H and O–H groups in total. The molecule has 2 atom stereocenters. The standard InChI is InChI=1S/C18H23NO2/c1-12-8-14(10-13-4-3-5-15(11-13)21-2)16-6-7-18(20)19-17(16)9-12/h3-5,11-12,14H,6-10H2,1-2H3,(H,19,20)/t12-,14-/m1/s1. The fourth-order valence-electron chi connectivity index (χ4n) is 3.69.